The van der Waals surface area contributed by atoms with Crippen molar-refractivity contribution in [1.29, 1.82) is 0 Å². The van der Waals surface area contributed by atoms with Crippen molar-refractivity contribution in [3.63, 3.8) is 0 Å². The molecule has 0 aromatic heterocycles. The van der Waals surface area contributed by atoms with E-state index in [-0.39, 0.29) is 6.42 Å². The molecule has 0 radical (unpaired) electrons. The van der Waals surface area contributed by atoms with Crippen LogP contribution in [0, 0.1) is 0 Å². The fourth-order valence-corrected chi connectivity index (χ4v) is 0.264. The molecule has 0 heterocycles. The number of rotatable bonds is 2. The maximum absolute atomic E-state index is 10.2. The maximum Gasteiger partial charge on any atom is 0.318 e. The van der Waals surface area contributed by atoms with E-state index in [2.05, 4.69) is 5.73 Å². The summed E-state index contributed by atoms with van der Waals surface area (Å²) >= 11 is 0. The van der Waals surface area contributed by atoms with Crippen LogP contribution in [0.25, 0.3) is 0 Å². The second-order valence-electron chi connectivity index (χ2n) is 1.28. The van der Waals surface area contributed by atoms with E-state index in [9.17, 15) is 14.4 Å². The van der Waals surface area contributed by atoms with Crippen LogP contribution >= 0.6 is 0 Å². The Hall–Kier alpha value is -1.39. The molecule has 0 spiro atoms. The lowest BCUT2D eigenvalue weighted by molar-refractivity contribution is -0.122. The van der Waals surface area contributed by atoms with Crippen LogP contribution in [0.4, 0.5) is 4.79 Å². The van der Waals surface area contributed by atoms with Crippen molar-refractivity contribution in [2.24, 2.45) is 5.73 Å². The number of nitrogens with two attached hydrogens (primary N) is 1. The van der Waals surface area contributed by atoms with Crippen LogP contribution in [0.15, 0.2) is 0 Å². The molecule has 50 valence electrons. The van der Waals surface area contributed by atoms with Gasteiger partial charge in [0.25, 0.3) is 0 Å². The molecule has 0 atom stereocenters. The molecule has 0 saturated carbocycles. The van der Waals surface area contributed by atoms with E-state index in [0.717, 1.165) is 0 Å². The molecule has 3 amide bonds. The van der Waals surface area contributed by atoms with Gasteiger partial charge in [0.2, 0.25) is 5.91 Å². The number of hydrogen-bond acceptors (Lipinski definition) is 3. The molecule has 0 aliphatic carbocycles. The first-order valence-electron chi connectivity index (χ1n) is 2.19. The molecule has 0 aliphatic rings. The molecule has 5 heteroatoms. The third-order valence-electron chi connectivity index (χ3n) is 0.531. The third kappa shape index (κ3) is 4.46. The summed E-state index contributed by atoms with van der Waals surface area (Å²) < 4.78 is 0. The standard InChI is InChI=1S/C4H6N2O3/c5-4(9)6-3(8)1-2-7/h2H,1H2,(H3,5,6,8,9). The van der Waals surface area contributed by atoms with Crippen molar-refractivity contribution in [2.75, 3.05) is 0 Å². The summed E-state index contributed by atoms with van der Waals surface area (Å²) in [7, 11) is 0. The van der Waals surface area contributed by atoms with Gasteiger partial charge in [-0.25, -0.2) is 4.79 Å². The van der Waals surface area contributed by atoms with Crippen molar-refractivity contribution in [3.05, 3.63) is 0 Å². The molecule has 0 bridgehead atoms. The average Bonchev–Trinajstić information content (AvgIpc) is 1.63. The third-order valence-corrected chi connectivity index (χ3v) is 0.531. The Morgan fingerprint density at radius 1 is 1.56 bits per heavy atom. The van der Waals surface area contributed by atoms with Gasteiger partial charge in [-0.05, 0) is 0 Å². The van der Waals surface area contributed by atoms with Crippen LogP contribution in [-0.2, 0) is 9.59 Å². The minimum Gasteiger partial charge on any atom is -0.351 e. The topological polar surface area (TPSA) is 89.3 Å². The Kier molecular flexibility index (Phi) is 3.04. The van der Waals surface area contributed by atoms with Crippen LogP contribution in [0.1, 0.15) is 6.42 Å². The van der Waals surface area contributed by atoms with Crippen LogP contribution in [-0.4, -0.2) is 18.2 Å². The fourth-order valence-electron chi connectivity index (χ4n) is 0.264. The van der Waals surface area contributed by atoms with Gasteiger partial charge in [-0.2, -0.15) is 0 Å². The van der Waals surface area contributed by atoms with Crippen molar-refractivity contribution in [3.8, 4) is 0 Å². The first kappa shape index (κ1) is 7.61. The lowest BCUT2D eigenvalue weighted by Gasteiger charge is -1.92. The lowest BCUT2D eigenvalue weighted by Crippen LogP contribution is -2.34. The predicted molar refractivity (Wildman–Crippen MR) is 28.4 cm³/mol. The van der Waals surface area contributed by atoms with E-state index >= 15 is 0 Å². The molecule has 9 heavy (non-hydrogen) atoms. The number of aldehydes is 1. The zero-order chi connectivity index (χ0) is 7.28. The summed E-state index contributed by atoms with van der Waals surface area (Å²) in [5.41, 5.74) is 4.54. The quantitative estimate of drug-likeness (QED) is 0.362. The zero-order valence-corrected chi connectivity index (χ0v) is 4.59. The SMILES string of the molecule is NC(=O)NC(=O)CC=O. The number of primary amides is 1. The summed E-state index contributed by atoms with van der Waals surface area (Å²) in [6.45, 7) is 0. The van der Waals surface area contributed by atoms with Crippen molar-refractivity contribution in [2.45, 2.75) is 6.42 Å². The monoisotopic (exact) mass is 130 g/mol. The van der Waals surface area contributed by atoms with Gasteiger partial charge in [-0.3, -0.25) is 10.1 Å². The normalized spacial score (nSPS) is 8.00. The van der Waals surface area contributed by atoms with Crippen molar-refractivity contribution in [1.82, 2.24) is 5.32 Å². The highest BCUT2D eigenvalue weighted by atomic mass is 16.2. The van der Waals surface area contributed by atoms with E-state index in [1.165, 1.54) is 0 Å². The number of imide groups is 1. The van der Waals surface area contributed by atoms with Gasteiger partial charge in [0.15, 0.2) is 0 Å². The maximum atomic E-state index is 10.2. The van der Waals surface area contributed by atoms with E-state index in [4.69, 9.17) is 0 Å². The molecule has 5 nitrogen and oxygen atoms in total. The van der Waals surface area contributed by atoms with Crippen LogP contribution in [0.2, 0.25) is 0 Å². The zero-order valence-electron chi connectivity index (χ0n) is 4.59. The van der Waals surface area contributed by atoms with Crippen molar-refractivity contribution >= 4 is 18.2 Å². The molecule has 0 rings (SSSR count). The number of urea groups is 1. The highest BCUT2D eigenvalue weighted by Gasteiger charge is 2.00. The Morgan fingerprint density at radius 2 is 2.11 bits per heavy atom. The Morgan fingerprint density at radius 3 is 2.44 bits per heavy atom. The summed E-state index contributed by atoms with van der Waals surface area (Å²) in [4.78, 5) is 29.7. The molecule has 0 aromatic rings. The fraction of sp³-hybridized carbons (Fsp3) is 0.250. The molecule has 0 aromatic carbocycles. The molecule has 0 aliphatic heterocycles. The van der Waals surface area contributed by atoms with E-state index in [1.54, 1.807) is 5.32 Å². The van der Waals surface area contributed by atoms with Gasteiger partial charge in [0.05, 0.1) is 6.42 Å². The Balaban J connectivity index is 3.50. The van der Waals surface area contributed by atoms with E-state index in [1.807, 2.05) is 0 Å². The van der Waals surface area contributed by atoms with Gasteiger partial charge in [0, 0.05) is 0 Å². The molecule has 3 N–H and O–H groups in total. The van der Waals surface area contributed by atoms with Gasteiger partial charge in [-0.15, -0.1) is 0 Å². The summed E-state index contributed by atoms with van der Waals surface area (Å²) in [5.74, 6) is -0.683. The number of amides is 3. The molecular weight excluding hydrogens is 124 g/mol. The molecular formula is C4H6N2O3. The smallest absolute Gasteiger partial charge is 0.318 e. The molecule has 0 unspecified atom stereocenters. The summed E-state index contributed by atoms with van der Waals surface area (Å²) in [6, 6.07) is -0.943. The van der Waals surface area contributed by atoms with E-state index in [0.29, 0.717) is 6.29 Å². The minimum absolute atomic E-state index is 0.330. The lowest BCUT2D eigenvalue weighted by atomic mass is 10.4. The van der Waals surface area contributed by atoms with Crippen LogP contribution < -0.4 is 11.1 Å². The Bertz CT molecular complexity index is 143. The second-order valence-corrected chi connectivity index (χ2v) is 1.28. The number of carbonyl (C=O) groups is 3. The van der Waals surface area contributed by atoms with Gasteiger partial charge in [-0.1, -0.05) is 0 Å². The highest BCUT2D eigenvalue weighted by molar-refractivity contribution is 5.98. The number of hydrogen-bond donors (Lipinski definition) is 2. The average molecular weight is 130 g/mol. The second kappa shape index (κ2) is 3.59. The highest BCUT2D eigenvalue weighted by Crippen LogP contribution is 1.69. The van der Waals surface area contributed by atoms with Gasteiger partial charge < -0.3 is 10.5 Å². The first-order valence-corrected chi connectivity index (χ1v) is 2.19. The summed E-state index contributed by atoms with van der Waals surface area (Å²) in [6.07, 6.45) is 0.0568. The largest absolute Gasteiger partial charge is 0.351 e. The predicted octanol–water partition coefficient (Wildman–Crippen LogP) is -1.23. The van der Waals surface area contributed by atoms with Crippen LogP contribution in [0.3, 0.4) is 0 Å². The Labute approximate surface area is 51.2 Å². The summed E-state index contributed by atoms with van der Waals surface area (Å²) in [5, 5.41) is 1.71. The molecule has 0 fully saturated rings. The van der Waals surface area contributed by atoms with Gasteiger partial charge >= 0.3 is 6.03 Å². The minimum atomic E-state index is -0.943. The van der Waals surface area contributed by atoms with Gasteiger partial charge in [0.1, 0.15) is 6.29 Å². The number of carbonyl (C=O) groups excluding carboxylic acids is 3. The molecule has 0 saturated heterocycles. The van der Waals surface area contributed by atoms with E-state index < -0.39 is 11.9 Å². The number of nitrogens with one attached hydrogen (secondary N) is 1. The van der Waals surface area contributed by atoms with Crippen LogP contribution in [0.5, 0.6) is 0 Å². The first-order chi connectivity index (χ1) is 4.16. The van der Waals surface area contributed by atoms with Crippen molar-refractivity contribution < 1.29 is 14.4 Å².